The number of carbonyl (C=O) groups is 3. The van der Waals surface area contributed by atoms with Gasteiger partial charge in [0.25, 0.3) is 0 Å². The summed E-state index contributed by atoms with van der Waals surface area (Å²) >= 11 is 0. The van der Waals surface area contributed by atoms with Crippen LogP contribution in [0.4, 0.5) is 5.69 Å². The van der Waals surface area contributed by atoms with E-state index in [2.05, 4.69) is 12.2 Å². The van der Waals surface area contributed by atoms with Crippen molar-refractivity contribution < 1.29 is 14.4 Å². The van der Waals surface area contributed by atoms with E-state index in [4.69, 9.17) is 0 Å². The predicted octanol–water partition coefficient (Wildman–Crippen LogP) is 2.59. The zero-order valence-corrected chi connectivity index (χ0v) is 12.9. The van der Waals surface area contributed by atoms with Crippen LogP contribution in [0.3, 0.4) is 0 Å². The molecule has 4 heteroatoms. The van der Waals surface area contributed by atoms with Gasteiger partial charge in [0.1, 0.15) is 0 Å². The summed E-state index contributed by atoms with van der Waals surface area (Å²) in [6.07, 6.45) is 6.64. The molecule has 2 saturated carbocycles. The van der Waals surface area contributed by atoms with Crippen LogP contribution in [0.5, 0.6) is 0 Å². The molecule has 4 unspecified atom stereocenters. The first-order chi connectivity index (χ1) is 11.0. The number of nitrogens with zero attached hydrogens (tertiary/aromatic N) is 1. The van der Waals surface area contributed by atoms with E-state index in [9.17, 15) is 14.4 Å². The maximum Gasteiger partial charge on any atom is 0.238 e. The average Bonchev–Trinajstić information content (AvgIpc) is 3.13. The van der Waals surface area contributed by atoms with Crippen molar-refractivity contribution in [3.05, 3.63) is 42.0 Å². The average molecular weight is 307 g/mol. The summed E-state index contributed by atoms with van der Waals surface area (Å²) in [5, 5.41) is 0. The Labute approximate surface area is 134 Å². The predicted molar refractivity (Wildman–Crippen MR) is 83.7 cm³/mol. The lowest BCUT2D eigenvalue weighted by atomic mass is 9.85. The van der Waals surface area contributed by atoms with Gasteiger partial charge in [-0.1, -0.05) is 12.2 Å². The van der Waals surface area contributed by atoms with Gasteiger partial charge in [-0.05, 0) is 61.3 Å². The monoisotopic (exact) mass is 307 g/mol. The van der Waals surface area contributed by atoms with Crippen molar-refractivity contribution in [2.75, 3.05) is 4.90 Å². The molecule has 0 N–H and O–H groups in total. The van der Waals surface area contributed by atoms with E-state index < -0.39 is 0 Å². The Hall–Kier alpha value is -2.23. The molecule has 3 fully saturated rings. The maximum atomic E-state index is 12.9. The van der Waals surface area contributed by atoms with Gasteiger partial charge in [-0.2, -0.15) is 0 Å². The summed E-state index contributed by atoms with van der Waals surface area (Å²) in [7, 11) is 0. The molecule has 4 aliphatic rings. The van der Waals surface area contributed by atoms with E-state index in [1.165, 1.54) is 11.8 Å². The van der Waals surface area contributed by atoms with E-state index in [-0.39, 0.29) is 46.7 Å². The highest BCUT2D eigenvalue weighted by atomic mass is 16.2. The number of fused-ring (bicyclic) bond motifs is 3. The van der Waals surface area contributed by atoms with Crippen molar-refractivity contribution in [3.63, 3.8) is 0 Å². The molecular formula is C19H17NO3. The molecule has 2 bridgehead atoms. The Balaban J connectivity index is 1.52. The number of hydrogen-bond donors (Lipinski definition) is 0. The third kappa shape index (κ3) is 1.44. The second-order valence-electron chi connectivity index (χ2n) is 7.34. The molecule has 2 amide bonds. The standard InChI is InChI=1S/C19H17NO3/c1-10(21)11-2-4-12(5-3-11)20-17(22)15-13-6-7-14(16(15)18(20)23)19(13)8-9-19/h2-7,13-16H,8-9H2,1H3. The largest absolute Gasteiger partial charge is 0.295 e. The fourth-order valence-corrected chi connectivity index (χ4v) is 5.18. The van der Waals surface area contributed by atoms with Gasteiger partial charge in [0.15, 0.2) is 5.78 Å². The molecule has 1 saturated heterocycles. The van der Waals surface area contributed by atoms with Gasteiger partial charge in [0.2, 0.25) is 11.8 Å². The molecule has 116 valence electrons. The summed E-state index contributed by atoms with van der Waals surface area (Å²) < 4.78 is 0. The highest BCUT2D eigenvalue weighted by molar-refractivity contribution is 6.23. The summed E-state index contributed by atoms with van der Waals surface area (Å²) in [5.74, 6) is 0.00802. The SMILES string of the molecule is CC(=O)c1ccc(N2C(=O)C3C(C2=O)C2C=CC3C23CC3)cc1. The number of rotatable bonds is 2. The molecule has 1 aromatic rings. The van der Waals surface area contributed by atoms with Crippen molar-refractivity contribution in [2.45, 2.75) is 19.8 Å². The van der Waals surface area contributed by atoms with Crippen LogP contribution in [0.1, 0.15) is 30.1 Å². The van der Waals surface area contributed by atoms with Crippen LogP contribution >= 0.6 is 0 Å². The molecule has 1 heterocycles. The first kappa shape index (κ1) is 13.2. The third-order valence-electron chi connectivity index (χ3n) is 6.38. The molecular weight excluding hydrogens is 290 g/mol. The summed E-state index contributed by atoms with van der Waals surface area (Å²) in [5.41, 5.74) is 1.40. The molecule has 1 spiro atoms. The van der Waals surface area contributed by atoms with Gasteiger partial charge >= 0.3 is 0 Å². The zero-order chi connectivity index (χ0) is 15.9. The smallest absolute Gasteiger partial charge is 0.238 e. The fraction of sp³-hybridized carbons (Fsp3) is 0.421. The molecule has 23 heavy (non-hydrogen) atoms. The molecule has 1 aromatic carbocycles. The van der Waals surface area contributed by atoms with E-state index in [0.29, 0.717) is 11.3 Å². The number of Topliss-reactive ketones (excluding diaryl/α,β-unsaturated/α-hetero) is 1. The van der Waals surface area contributed by atoms with Crippen molar-refractivity contribution in [2.24, 2.45) is 29.1 Å². The molecule has 0 radical (unpaired) electrons. The van der Waals surface area contributed by atoms with Crippen LogP contribution in [-0.4, -0.2) is 17.6 Å². The minimum absolute atomic E-state index is 0.0228. The minimum Gasteiger partial charge on any atom is -0.295 e. The third-order valence-corrected chi connectivity index (χ3v) is 6.38. The minimum atomic E-state index is -0.174. The Morgan fingerprint density at radius 3 is 1.96 bits per heavy atom. The lowest BCUT2D eigenvalue weighted by Crippen LogP contribution is -2.34. The number of ketones is 1. The highest BCUT2D eigenvalue weighted by Gasteiger charge is 2.73. The second kappa shape index (κ2) is 3.99. The topological polar surface area (TPSA) is 54.5 Å². The zero-order valence-electron chi connectivity index (χ0n) is 12.9. The van der Waals surface area contributed by atoms with E-state index >= 15 is 0 Å². The number of carbonyl (C=O) groups excluding carboxylic acids is 3. The summed E-state index contributed by atoms with van der Waals surface area (Å²) in [4.78, 5) is 38.6. The van der Waals surface area contributed by atoms with Crippen molar-refractivity contribution >= 4 is 23.3 Å². The van der Waals surface area contributed by atoms with Crippen LogP contribution in [0, 0.1) is 29.1 Å². The second-order valence-corrected chi connectivity index (χ2v) is 7.34. The molecule has 1 aliphatic heterocycles. The fourth-order valence-electron chi connectivity index (χ4n) is 5.18. The number of anilines is 1. The number of amides is 2. The van der Waals surface area contributed by atoms with E-state index in [1.807, 2.05) is 0 Å². The first-order valence-corrected chi connectivity index (χ1v) is 8.22. The van der Waals surface area contributed by atoms with Crippen LogP contribution in [-0.2, 0) is 9.59 Å². The van der Waals surface area contributed by atoms with E-state index in [1.54, 1.807) is 24.3 Å². The van der Waals surface area contributed by atoms with Crippen LogP contribution in [0.25, 0.3) is 0 Å². The number of benzene rings is 1. The molecule has 0 aromatic heterocycles. The summed E-state index contributed by atoms with van der Waals surface area (Å²) in [6.45, 7) is 1.50. The van der Waals surface area contributed by atoms with Crippen LogP contribution in [0.15, 0.2) is 36.4 Å². The van der Waals surface area contributed by atoms with Crippen LogP contribution in [0.2, 0.25) is 0 Å². The molecule has 5 rings (SSSR count). The van der Waals surface area contributed by atoms with Gasteiger partial charge in [-0.25, -0.2) is 0 Å². The van der Waals surface area contributed by atoms with Gasteiger partial charge in [-0.15, -0.1) is 0 Å². The molecule has 4 atom stereocenters. The number of hydrogen-bond acceptors (Lipinski definition) is 3. The van der Waals surface area contributed by atoms with Crippen molar-refractivity contribution in [1.29, 1.82) is 0 Å². The Bertz CT molecular complexity index is 753. The number of allylic oxidation sites excluding steroid dienone is 2. The Morgan fingerprint density at radius 2 is 1.52 bits per heavy atom. The van der Waals surface area contributed by atoms with Crippen molar-refractivity contribution in [3.8, 4) is 0 Å². The summed E-state index contributed by atoms with van der Waals surface area (Å²) in [6, 6.07) is 6.77. The lowest BCUT2D eigenvalue weighted by Gasteiger charge is -2.21. The molecule has 4 nitrogen and oxygen atoms in total. The Kier molecular flexibility index (Phi) is 2.30. The Morgan fingerprint density at radius 1 is 1.00 bits per heavy atom. The van der Waals surface area contributed by atoms with Gasteiger partial charge in [-0.3, -0.25) is 19.3 Å². The molecule has 3 aliphatic carbocycles. The van der Waals surface area contributed by atoms with Gasteiger partial charge < -0.3 is 0 Å². The highest BCUT2D eigenvalue weighted by Crippen LogP contribution is 2.73. The lowest BCUT2D eigenvalue weighted by molar-refractivity contribution is -0.123. The maximum absolute atomic E-state index is 12.9. The number of imide groups is 1. The first-order valence-electron chi connectivity index (χ1n) is 8.22. The van der Waals surface area contributed by atoms with Crippen LogP contribution < -0.4 is 4.90 Å². The van der Waals surface area contributed by atoms with Gasteiger partial charge in [0.05, 0.1) is 17.5 Å². The van der Waals surface area contributed by atoms with E-state index in [0.717, 1.165) is 12.8 Å². The normalized spacial score (nSPS) is 35.3. The van der Waals surface area contributed by atoms with Gasteiger partial charge in [0, 0.05) is 5.56 Å². The quantitative estimate of drug-likeness (QED) is 0.479. The van der Waals surface area contributed by atoms with Crippen molar-refractivity contribution in [1.82, 2.24) is 0 Å².